The third-order valence-electron chi connectivity index (χ3n) is 3.55. The molecule has 1 heterocycles. The number of rotatable bonds is 6. The molecule has 0 saturated heterocycles. The largest absolute Gasteiger partial charge is 0.368 e. The Labute approximate surface area is 143 Å². The molecule has 122 valence electrons. The lowest BCUT2D eigenvalue weighted by Crippen LogP contribution is -2.33. The fourth-order valence-corrected chi connectivity index (χ4v) is 3.17. The summed E-state index contributed by atoms with van der Waals surface area (Å²) < 4.78 is 13.0. The van der Waals surface area contributed by atoms with Crippen LogP contribution in [0.3, 0.4) is 0 Å². The second-order valence-corrected chi connectivity index (χ2v) is 6.14. The van der Waals surface area contributed by atoms with Gasteiger partial charge in [-0.3, -0.25) is 10.1 Å². The van der Waals surface area contributed by atoms with Gasteiger partial charge < -0.3 is 5.73 Å². The van der Waals surface area contributed by atoms with Crippen molar-refractivity contribution in [2.45, 2.75) is 12.6 Å². The molecule has 0 aliphatic heterocycles. The van der Waals surface area contributed by atoms with E-state index < -0.39 is 11.9 Å². The molecular formula is C18H16FN3OS. The first kappa shape index (κ1) is 16.3. The summed E-state index contributed by atoms with van der Waals surface area (Å²) in [6, 6.07) is 15.0. The van der Waals surface area contributed by atoms with E-state index in [0.717, 1.165) is 21.8 Å². The second-order valence-electron chi connectivity index (χ2n) is 5.28. The molecule has 0 saturated carbocycles. The number of aromatic nitrogens is 1. The van der Waals surface area contributed by atoms with Crippen LogP contribution in [0.4, 0.5) is 4.39 Å². The highest BCUT2D eigenvalue weighted by atomic mass is 32.1. The van der Waals surface area contributed by atoms with Crippen molar-refractivity contribution in [2.75, 3.05) is 0 Å². The average molecular weight is 341 g/mol. The monoisotopic (exact) mass is 341 g/mol. The van der Waals surface area contributed by atoms with Gasteiger partial charge in [0.15, 0.2) is 0 Å². The lowest BCUT2D eigenvalue weighted by atomic mass is 10.1. The highest BCUT2D eigenvalue weighted by Gasteiger charge is 2.17. The van der Waals surface area contributed by atoms with Crippen LogP contribution >= 0.6 is 11.3 Å². The summed E-state index contributed by atoms with van der Waals surface area (Å²) in [4.78, 5) is 16.2. The molecule has 24 heavy (non-hydrogen) atoms. The number of nitrogens with zero attached hydrogens (tertiary/aromatic N) is 1. The van der Waals surface area contributed by atoms with Crippen molar-refractivity contribution in [1.82, 2.24) is 10.3 Å². The highest BCUT2D eigenvalue weighted by Crippen LogP contribution is 2.24. The highest BCUT2D eigenvalue weighted by molar-refractivity contribution is 7.13. The van der Waals surface area contributed by atoms with E-state index in [0.29, 0.717) is 6.54 Å². The molecule has 0 radical (unpaired) electrons. The molecule has 0 bridgehead atoms. The minimum atomic E-state index is -0.567. The Bertz CT molecular complexity index is 818. The molecule has 2 aromatic carbocycles. The molecule has 6 heteroatoms. The Hall–Kier alpha value is -2.57. The zero-order chi connectivity index (χ0) is 16.9. The molecule has 0 fully saturated rings. The topological polar surface area (TPSA) is 68.0 Å². The second kappa shape index (κ2) is 7.33. The third kappa shape index (κ3) is 3.84. The van der Waals surface area contributed by atoms with Crippen molar-refractivity contribution in [1.29, 1.82) is 0 Å². The first-order valence-corrected chi connectivity index (χ1v) is 8.29. The number of thiazole rings is 1. The smallest absolute Gasteiger partial charge is 0.239 e. The minimum absolute atomic E-state index is 0.274. The SMILES string of the molecule is NC(=O)C(NCc1csc(-c2ccc(F)cc2)n1)c1ccccc1. The first-order chi connectivity index (χ1) is 11.6. The number of primary amides is 1. The molecule has 0 aliphatic rings. The number of nitrogens with two attached hydrogens (primary N) is 1. The summed E-state index contributed by atoms with van der Waals surface area (Å²) in [5, 5.41) is 5.85. The standard InChI is InChI=1S/C18H16FN3OS/c19-14-8-6-13(7-9-14)18-22-15(11-24-18)10-21-16(17(20)23)12-4-2-1-3-5-12/h1-9,11,16,21H,10H2,(H2,20,23). The van der Waals surface area contributed by atoms with E-state index in [2.05, 4.69) is 10.3 Å². The van der Waals surface area contributed by atoms with Crippen molar-refractivity contribution in [3.63, 3.8) is 0 Å². The predicted molar refractivity (Wildman–Crippen MR) is 92.7 cm³/mol. The van der Waals surface area contributed by atoms with Gasteiger partial charge in [0.2, 0.25) is 5.91 Å². The summed E-state index contributed by atoms with van der Waals surface area (Å²) in [5.74, 6) is -0.709. The Morgan fingerprint density at radius 1 is 1.17 bits per heavy atom. The fraction of sp³-hybridized carbons (Fsp3) is 0.111. The van der Waals surface area contributed by atoms with Gasteiger partial charge in [0.1, 0.15) is 16.9 Å². The average Bonchev–Trinajstić information content (AvgIpc) is 3.05. The Balaban J connectivity index is 1.70. The normalized spacial score (nSPS) is 12.0. The Morgan fingerprint density at radius 2 is 1.88 bits per heavy atom. The molecule has 1 amide bonds. The van der Waals surface area contributed by atoms with Crippen LogP contribution in [-0.2, 0) is 11.3 Å². The number of carbonyl (C=O) groups is 1. The van der Waals surface area contributed by atoms with E-state index >= 15 is 0 Å². The van der Waals surface area contributed by atoms with Crippen LogP contribution in [0, 0.1) is 5.82 Å². The van der Waals surface area contributed by atoms with Gasteiger partial charge in [-0.2, -0.15) is 0 Å². The van der Waals surface area contributed by atoms with E-state index in [1.807, 2.05) is 35.7 Å². The predicted octanol–water partition coefficient (Wildman–Crippen LogP) is 3.27. The van der Waals surface area contributed by atoms with Crippen LogP contribution in [0.1, 0.15) is 17.3 Å². The lowest BCUT2D eigenvalue weighted by Gasteiger charge is -2.14. The Morgan fingerprint density at radius 3 is 2.54 bits per heavy atom. The molecular weight excluding hydrogens is 325 g/mol. The van der Waals surface area contributed by atoms with Crippen molar-refractivity contribution in [2.24, 2.45) is 5.73 Å². The van der Waals surface area contributed by atoms with E-state index in [4.69, 9.17) is 5.73 Å². The maximum atomic E-state index is 13.0. The maximum absolute atomic E-state index is 13.0. The molecule has 0 aliphatic carbocycles. The molecule has 0 spiro atoms. The van der Waals surface area contributed by atoms with Crippen LogP contribution < -0.4 is 11.1 Å². The van der Waals surface area contributed by atoms with Crippen LogP contribution in [0.5, 0.6) is 0 Å². The van der Waals surface area contributed by atoms with Gasteiger partial charge >= 0.3 is 0 Å². The summed E-state index contributed by atoms with van der Waals surface area (Å²) in [6.45, 7) is 0.417. The van der Waals surface area contributed by atoms with E-state index in [1.54, 1.807) is 12.1 Å². The van der Waals surface area contributed by atoms with Crippen LogP contribution in [-0.4, -0.2) is 10.9 Å². The number of benzene rings is 2. The molecule has 3 N–H and O–H groups in total. The van der Waals surface area contributed by atoms with Gasteiger partial charge in [-0.15, -0.1) is 11.3 Å². The lowest BCUT2D eigenvalue weighted by molar-refractivity contribution is -0.120. The number of nitrogens with one attached hydrogen (secondary N) is 1. The molecule has 1 aromatic heterocycles. The van der Waals surface area contributed by atoms with Gasteiger partial charge in [-0.1, -0.05) is 30.3 Å². The molecule has 1 unspecified atom stereocenters. The van der Waals surface area contributed by atoms with Crippen molar-refractivity contribution in [3.8, 4) is 10.6 Å². The molecule has 4 nitrogen and oxygen atoms in total. The van der Waals surface area contributed by atoms with Crippen LogP contribution in [0.25, 0.3) is 10.6 Å². The molecule has 1 atom stereocenters. The van der Waals surface area contributed by atoms with Gasteiger partial charge in [-0.25, -0.2) is 9.37 Å². The third-order valence-corrected chi connectivity index (χ3v) is 4.49. The van der Waals surface area contributed by atoms with Crippen LogP contribution in [0.15, 0.2) is 60.0 Å². The van der Waals surface area contributed by atoms with E-state index in [-0.39, 0.29) is 5.82 Å². The minimum Gasteiger partial charge on any atom is -0.368 e. The summed E-state index contributed by atoms with van der Waals surface area (Å²) in [7, 11) is 0. The summed E-state index contributed by atoms with van der Waals surface area (Å²) in [5.41, 5.74) is 7.98. The zero-order valence-corrected chi connectivity index (χ0v) is 13.6. The van der Waals surface area contributed by atoms with E-state index in [1.165, 1.54) is 23.5 Å². The quantitative estimate of drug-likeness (QED) is 0.723. The Kier molecular flexibility index (Phi) is 4.98. The number of hydrogen-bond acceptors (Lipinski definition) is 4. The zero-order valence-electron chi connectivity index (χ0n) is 12.8. The van der Waals surface area contributed by atoms with Crippen molar-refractivity contribution >= 4 is 17.2 Å². The van der Waals surface area contributed by atoms with Gasteiger partial charge in [-0.05, 0) is 29.8 Å². The van der Waals surface area contributed by atoms with Gasteiger partial charge in [0, 0.05) is 17.5 Å². The van der Waals surface area contributed by atoms with Crippen molar-refractivity contribution < 1.29 is 9.18 Å². The summed E-state index contributed by atoms with van der Waals surface area (Å²) >= 11 is 1.47. The molecule has 3 rings (SSSR count). The van der Waals surface area contributed by atoms with Gasteiger partial charge in [0.05, 0.1) is 5.69 Å². The first-order valence-electron chi connectivity index (χ1n) is 7.41. The van der Waals surface area contributed by atoms with Gasteiger partial charge in [0.25, 0.3) is 0 Å². The molecule has 3 aromatic rings. The van der Waals surface area contributed by atoms with E-state index in [9.17, 15) is 9.18 Å². The maximum Gasteiger partial charge on any atom is 0.239 e. The fourth-order valence-electron chi connectivity index (χ4n) is 2.35. The van der Waals surface area contributed by atoms with Crippen molar-refractivity contribution in [3.05, 3.63) is 77.1 Å². The number of hydrogen-bond donors (Lipinski definition) is 2. The number of carbonyl (C=O) groups excluding carboxylic acids is 1. The number of amides is 1. The van der Waals surface area contributed by atoms with Crippen LogP contribution in [0.2, 0.25) is 0 Å². The summed E-state index contributed by atoms with van der Waals surface area (Å²) in [6.07, 6.45) is 0. The number of halogens is 1.